The highest BCUT2D eigenvalue weighted by molar-refractivity contribution is 8.00. The molecule has 2 atom stereocenters. The number of aromatic nitrogens is 1. The first kappa shape index (κ1) is 12.2. The fourth-order valence-electron chi connectivity index (χ4n) is 2.34. The number of benzene rings is 1. The molecule has 0 saturated carbocycles. The van der Waals surface area contributed by atoms with E-state index in [4.69, 9.17) is 5.11 Å². The Morgan fingerprint density at radius 1 is 1.47 bits per heavy atom. The predicted molar refractivity (Wildman–Crippen MR) is 70.6 cm³/mol. The van der Waals surface area contributed by atoms with Gasteiger partial charge >= 0.3 is 5.97 Å². The van der Waals surface area contributed by atoms with Crippen LogP contribution < -0.4 is 5.56 Å². The maximum Gasteiger partial charge on any atom is 0.341 e. The highest BCUT2D eigenvalue weighted by Gasteiger charge is 2.30. The minimum atomic E-state index is -1.29. The molecular weight excluding hydrogens is 269 g/mol. The molecule has 1 aliphatic heterocycles. The summed E-state index contributed by atoms with van der Waals surface area (Å²) < 4.78 is 15.2. The summed E-state index contributed by atoms with van der Waals surface area (Å²) in [6.07, 6.45) is 0. The number of rotatable bonds is 1. The maximum atomic E-state index is 14.0. The number of carbonyl (C=O) groups is 1. The minimum Gasteiger partial charge on any atom is -0.477 e. The molecule has 1 aromatic carbocycles. The van der Waals surface area contributed by atoms with Crippen molar-refractivity contribution in [2.45, 2.75) is 23.4 Å². The first-order valence-electron chi connectivity index (χ1n) is 5.73. The number of aromatic carboxylic acids is 1. The number of alkyl halides is 1. The fourth-order valence-corrected chi connectivity index (χ4v) is 3.38. The van der Waals surface area contributed by atoms with Crippen molar-refractivity contribution in [3.63, 3.8) is 0 Å². The number of para-hydroxylation sites is 1. The Kier molecular flexibility index (Phi) is 2.63. The van der Waals surface area contributed by atoms with Gasteiger partial charge in [0.05, 0.1) is 11.6 Å². The van der Waals surface area contributed by atoms with E-state index in [0.29, 0.717) is 15.8 Å². The highest BCUT2D eigenvalue weighted by Crippen LogP contribution is 2.41. The van der Waals surface area contributed by atoms with Crippen LogP contribution in [0.15, 0.2) is 34.0 Å². The molecular formula is C13H10FNO3S. The molecule has 0 spiro atoms. The van der Waals surface area contributed by atoms with E-state index in [9.17, 15) is 14.0 Å². The maximum absolute atomic E-state index is 14.0. The van der Waals surface area contributed by atoms with Crippen LogP contribution in [0.3, 0.4) is 0 Å². The average molecular weight is 279 g/mol. The third kappa shape index (κ3) is 1.67. The summed E-state index contributed by atoms with van der Waals surface area (Å²) >= 11 is 1.06. The van der Waals surface area contributed by atoms with E-state index >= 15 is 0 Å². The lowest BCUT2D eigenvalue weighted by Crippen LogP contribution is -2.34. The molecule has 0 amide bonds. The third-order valence-electron chi connectivity index (χ3n) is 3.28. The Balaban J connectivity index is 2.50. The minimum absolute atomic E-state index is 0.324. The van der Waals surface area contributed by atoms with Crippen LogP contribution in [0, 0.1) is 0 Å². The van der Waals surface area contributed by atoms with Crippen LogP contribution in [0.5, 0.6) is 0 Å². The van der Waals surface area contributed by atoms with E-state index in [1.54, 1.807) is 25.1 Å². The molecule has 3 rings (SSSR count). The predicted octanol–water partition coefficient (Wildman–Crippen LogP) is 2.66. The largest absolute Gasteiger partial charge is 0.477 e. The van der Waals surface area contributed by atoms with E-state index in [1.807, 2.05) is 0 Å². The van der Waals surface area contributed by atoms with Gasteiger partial charge in [-0.05, 0) is 19.1 Å². The van der Waals surface area contributed by atoms with Crippen molar-refractivity contribution in [1.82, 2.24) is 4.57 Å². The average Bonchev–Trinajstić information content (AvgIpc) is 2.36. The molecule has 6 heteroatoms. The number of nitrogens with zero attached hydrogens (tertiary/aromatic N) is 1. The summed E-state index contributed by atoms with van der Waals surface area (Å²) in [4.78, 5) is 24.0. The first-order valence-corrected chi connectivity index (χ1v) is 6.61. The Hall–Kier alpha value is -1.82. The van der Waals surface area contributed by atoms with E-state index in [1.165, 1.54) is 10.6 Å². The monoisotopic (exact) mass is 279 g/mol. The van der Waals surface area contributed by atoms with Gasteiger partial charge in [0, 0.05) is 10.3 Å². The van der Waals surface area contributed by atoms with Gasteiger partial charge in [0.15, 0.2) is 5.50 Å². The summed E-state index contributed by atoms with van der Waals surface area (Å²) in [5, 5.41) is 9.71. The summed E-state index contributed by atoms with van der Waals surface area (Å²) in [5.74, 6) is -1.29. The zero-order chi connectivity index (χ0) is 13.7. The number of hydrogen-bond donors (Lipinski definition) is 1. The van der Waals surface area contributed by atoms with Crippen LogP contribution in [0.4, 0.5) is 4.39 Å². The standard InChI is InChI=1S/C13H10FNO3S/c1-6-11(14)19-9-4-2-3-7-5-8(13(17)18)12(16)15(6)10(7)9/h2-6,11H,1H3,(H,17,18). The molecule has 1 N–H and O–H groups in total. The first-order chi connectivity index (χ1) is 9.00. The molecule has 2 heterocycles. The molecule has 98 valence electrons. The normalized spacial score (nSPS) is 21.6. The quantitative estimate of drug-likeness (QED) is 0.872. The van der Waals surface area contributed by atoms with Crippen molar-refractivity contribution in [2.75, 3.05) is 0 Å². The van der Waals surface area contributed by atoms with Gasteiger partial charge in [-0.1, -0.05) is 23.9 Å². The highest BCUT2D eigenvalue weighted by atomic mass is 32.2. The molecule has 1 aromatic heterocycles. The molecule has 0 radical (unpaired) electrons. The number of thioether (sulfide) groups is 1. The van der Waals surface area contributed by atoms with Crippen molar-refractivity contribution >= 4 is 28.6 Å². The van der Waals surface area contributed by atoms with Gasteiger partial charge in [-0.3, -0.25) is 9.36 Å². The Bertz CT molecular complexity index is 755. The molecule has 1 aliphatic rings. The molecule has 2 aromatic rings. The van der Waals surface area contributed by atoms with Crippen LogP contribution in [0.2, 0.25) is 0 Å². The topological polar surface area (TPSA) is 59.3 Å². The second kappa shape index (κ2) is 4.09. The van der Waals surface area contributed by atoms with E-state index in [-0.39, 0.29) is 5.56 Å². The Morgan fingerprint density at radius 2 is 2.21 bits per heavy atom. The zero-order valence-electron chi connectivity index (χ0n) is 9.96. The molecule has 0 bridgehead atoms. The van der Waals surface area contributed by atoms with Crippen molar-refractivity contribution < 1.29 is 14.3 Å². The summed E-state index contributed by atoms with van der Waals surface area (Å²) in [6.45, 7) is 1.58. The van der Waals surface area contributed by atoms with Gasteiger partial charge in [-0.2, -0.15) is 0 Å². The van der Waals surface area contributed by atoms with Gasteiger partial charge in [0.25, 0.3) is 5.56 Å². The summed E-state index contributed by atoms with van der Waals surface area (Å²) in [6, 6.07) is 5.86. The lowest BCUT2D eigenvalue weighted by Gasteiger charge is -2.27. The van der Waals surface area contributed by atoms with E-state index in [2.05, 4.69) is 0 Å². The van der Waals surface area contributed by atoms with Gasteiger partial charge in [-0.25, -0.2) is 9.18 Å². The SMILES string of the molecule is CC1C(F)Sc2cccc3cc(C(=O)O)c(=O)n1c23. The number of carboxylic acid groups (broad SMARTS) is 1. The van der Waals surface area contributed by atoms with E-state index < -0.39 is 23.1 Å². The third-order valence-corrected chi connectivity index (χ3v) is 4.48. The van der Waals surface area contributed by atoms with Crippen molar-refractivity contribution in [3.8, 4) is 0 Å². The van der Waals surface area contributed by atoms with Gasteiger partial charge in [0.2, 0.25) is 0 Å². The summed E-state index contributed by atoms with van der Waals surface area (Å²) in [5.41, 5.74) is -1.62. The van der Waals surface area contributed by atoms with Crippen LogP contribution in [0.25, 0.3) is 10.9 Å². The van der Waals surface area contributed by atoms with Gasteiger partial charge < -0.3 is 5.11 Å². The zero-order valence-corrected chi connectivity index (χ0v) is 10.8. The van der Waals surface area contributed by atoms with Crippen molar-refractivity contribution in [2.24, 2.45) is 0 Å². The lowest BCUT2D eigenvalue weighted by atomic mass is 10.1. The number of carboxylic acids is 1. The molecule has 19 heavy (non-hydrogen) atoms. The van der Waals surface area contributed by atoms with Crippen LogP contribution in [0.1, 0.15) is 23.3 Å². The Morgan fingerprint density at radius 3 is 2.89 bits per heavy atom. The lowest BCUT2D eigenvalue weighted by molar-refractivity contribution is 0.0694. The van der Waals surface area contributed by atoms with Crippen molar-refractivity contribution in [1.29, 1.82) is 0 Å². The molecule has 0 aliphatic carbocycles. The summed E-state index contributed by atoms with van der Waals surface area (Å²) in [7, 11) is 0. The van der Waals surface area contributed by atoms with E-state index in [0.717, 1.165) is 11.8 Å². The van der Waals surface area contributed by atoms with Gasteiger partial charge in [0.1, 0.15) is 5.56 Å². The molecule has 4 nitrogen and oxygen atoms in total. The number of halogens is 1. The van der Waals surface area contributed by atoms with Crippen LogP contribution >= 0.6 is 11.8 Å². The van der Waals surface area contributed by atoms with Crippen LogP contribution in [-0.2, 0) is 0 Å². The molecule has 0 fully saturated rings. The Labute approximate surface area is 111 Å². The molecule has 0 saturated heterocycles. The molecule has 2 unspecified atom stereocenters. The van der Waals surface area contributed by atoms with Crippen LogP contribution in [-0.4, -0.2) is 21.1 Å². The smallest absolute Gasteiger partial charge is 0.341 e. The second-order valence-corrected chi connectivity index (χ2v) is 5.57. The fraction of sp³-hybridized carbons (Fsp3) is 0.231. The second-order valence-electron chi connectivity index (χ2n) is 4.44. The number of hydrogen-bond acceptors (Lipinski definition) is 3. The van der Waals surface area contributed by atoms with Gasteiger partial charge in [-0.15, -0.1) is 0 Å². The van der Waals surface area contributed by atoms with Crippen molar-refractivity contribution in [3.05, 3.63) is 40.2 Å². The number of pyridine rings is 1.